The van der Waals surface area contributed by atoms with Crippen molar-refractivity contribution in [2.45, 2.75) is 70.8 Å². The number of carbonyl (C=O) groups is 1. The van der Waals surface area contributed by atoms with Crippen molar-refractivity contribution in [2.75, 3.05) is 7.05 Å². The number of amides is 2. The molecule has 2 amide bonds. The van der Waals surface area contributed by atoms with E-state index >= 15 is 0 Å². The number of hydrogen-bond donors (Lipinski definition) is 2. The quantitative estimate of drug-likeness (QED) is 0.884. The molecule has 0 bridgehead atoms. The Kier molecular flexibility index (Phi) is 5.17. The van der Waals surface area contributed by atoms with E-state index in [9.17, 15) is 13.6 Å². The zero-order chi connectivity index (χ0) is 18.1. The molecule has 2 N–H and O–H groups in total. The molecule has 1 fully saturated rings. The Hall–Kier alpha value is -1.70. The Balaban J connectivity index is 1.97. The molecule has 0 unspecified atom stereocenters. The fraction of sp³-hybridized carbons (Fsp3) is 0.750. The molecule has 24 heavy (non-hydrogen) atoms. The van der Waals surface area contributed by atoms with Gasteiger partial charge < -0.3 is 15.5 Å². The van der Waals surface area contributed by atoms with E-state index in [1.165, 1.54) is 17.3 Å². The van der Waals surface area contributed by atoms with Crippen molar-refractivity contribution in [3.05, 3.63) is 18.2 Å². The van der Waals surface area contributed by atoms with Gasteiger partial charge in [-0.3, -0.25) is 4.57 Å². The van der Waals surface area contributed by atoms with Crippen LogP contribution in [0.3, 0.4) is 0 Å². The average molecular weight is 343 g/mol. The number of imidazole rings is 1. The zero-order valence-electron chi connectivity index (χ0n) is 14.9. The predicted molar refractivity (Wildman–Crippen MR) is 87.8 cm³/mol. The fourth-order valence-electron chi connectivity index (χ4n) is 3.64. The van der Waals surface area contributed by atoms with Gasteiger partial charge in [0.15, 0.2) is 0 Å². The van der Waals surface area contributed by atoms with E-state index in [2.05, 4.69) is 43.3 Å². The molecule has 0 atom stereocenters. The van der Waals surface area contributed by atoms with E-state index in [0.29, 0.717) is 0 Å². The third-order valence-corrected chi connectivity index (χ3v) is 4.20. The maximum Gasteiger partial charge on any atom is 0.319 e. The molecule has 1 aliphatic heterocycles. The molecule has 0 spiro atoms. The van der Waals surface area contributed by atoms with Crippen LogP contribution in [0.15, 0.2) is 12.4 Å². The second-order valence-electron chi connectivity index (χ2n) is 7.83. The Morgan fingerprint density at radius 1 is 1.42 bits per heavy atom. The maximum absolute atomic E-state index is 12.9. The average Bonchev–Trinajstić information content (AvgIpc) is 2.82. The summed E-state index contributed by atoms with van der Waals surface area (Å²) in [4.78, 5) is 17.7. The maximum atomic E-state index is 12.9. The normalized spacial score (nSPS) is 20.2. The fourth-order valence-corrected chi connectivity index (χ4v) is 3.64. The highest BCUT2D eigenvalue weighted by molar-refractivity contribution is 5.74. The first-order chi connectivity index (χ1) is 11.0. The van der Waals surface area contributed by atoms with Crippen LogP contribution in [-0.2, 0) is 6.54 Å². The minimum absolute atomic E-state index is 0.0287. The van der Waals surface area contributed by atoms with Crippen molar-refractivity contribution in [2.24, 2.45) is 0 Å². The molecule has 1 saturated heterocycles. The second-order valence-corrected chi connectivity index (χ2v) is 7.83. The lowest BCUT2D eigenvalue weighted by molar-refractivity contribution is 0.0649. The first-order valence-electron chi connectivity index (χ1n) is 8.10. The van der Waals surface area contributed by atoms with Crippen molar-refractivity contribution in [1.82, 2.24) is 25.1 Å². The number of urea groups is 1. The van der Waals surface area contributed by atoms with Crippen LogP contribution in [0.5, 0.6) is 0 Å². The molecule has 0 aliphatic carbocycles. The number of aromatic nitrogens is 2. The molecule has 1 aromatic heterocycles. The largest absolute Gasteiger partial charge is 0.335 e. The first-order valence-corrected chi connectivity index (χ1v) is 8.10. The molecule has 2 heterocycles. The van der Waals surface area contributed by atoms with E-state index in [1.54, 1.807) is 7.05 Å². The molecule has 0 radical (unpaired) electrons. The minimum Gasteiger partial charge on any atom is -0.335 e. The smallest absolute Gasteiger partial charge is 0.319 e. The number of hydrogen-bond acceptors (Lipinski definition) is 3. The van der Waals surface area contributed by atoms with Gasteiger partial charge in [-0.05, 0) is 40.5 Å². The Morgan fingerprint density at radius 3 is 2.54 bits per heavy atom. The first kappa shape index (κ1) is 18.6. The van der Waals surface area contributed by atoms with Gasteiger partial charge in [-0.1, -0.05) is 0 Å². The molecule has 6 nitrogen and oxygen atoms in total. The lowest BCUT2D eigenvalue weighted by atomic mass is 9.80. The molecular formula is C16H27F2N5O. The molecule has 8 heteroatoms. The van der Waals surface area contributed by atoms with Gasteiger partial charge in [0.05, 0.1) is 6.54 Å². The van der Waals surface area contributed by atoms with Gasteiger partial charge in [0.1, 0.15) is 5.82 Å². The molecule has 0 aromatic carbocycles. The minimum atomic E-state index is -2.66. The van der Waals surface area contributed by atoms with E-state index in [1.807, 2.05) is 0 Å². The summed E-state index contributed by atoms with van der Waals surface area (Å²) in [6.45, 7) is 5.80. The van der Waals surface area contributed by atoms with E-state index in [-0.39, 0.29) is 35.5 Å². The lowest BCUT2D eigenvalue weighted by Gasteiger charge is -2.46. The number of halogens is 2. The van der Waals surface area contributed by atoms with Crippen molar-refractivity contribution in [3.63, 3.8) is 0 Å². The van der Waals surface area contributed by atoms with Crippen LogP contribution in [0.4, 0.5) is 13.6 Å². The molecule has 1 aliphatic rings. The van der Waals surface area contributed by atoms with Gasteiger partial charge in [0, 0.05) is 36.6 Å². The summed E-state index contributed by atoms with van der Waals surface area (Å²) in [6.07, 6.45) is 4.14. The molecule has 2 rings (SSSR count). The van der Waals surface area contributed by atoms with Crippen LogP contribution < -0.4 is 10.6 Å². The topological polar surface area (TPSA) is 62.2 Å². The third-order valence-electron chi connectivity index (χ3n) is 4.20. The van der Waals surface area contributed by atoms with Crippen LogP contribution in [0.2, 0.25) is 0 Å². The number of carbonyl (C=O) groups excluding carboxylic acids is 1. The number of rotatable bonds is 4. The van der Waals surface area contributed by atoms with Gasteiger partial charge in [-0.25, -0.2) is 9.78 Å². The van der Waals surface area contributed by atoms with Gasteiger partial charge in [-0.2, -0.15) is 8.78 Å². The summed E-state index contributed by atoms with van der Waals surface area (Å²) in [6, 6.07) is -0.252. The van der Waals surface area contributed by atoms with Gasteiger partial charge in [0.25, 0.3) is 0 Å². The highest BCUT2D eigenvalue weighted by Gasteiger charge is 2.38. The lowest BCUT2D eigenvalue weighted by Crippen LogP contribution is -2.62. The summed E-state index contributed by atoms with van der Waals surface area (Å²) in [7, 11) is 1.58. The Labute approximate surface area is 141 Å². The molecule has 0 saturated carbocycles. The SMILES string of the molecule is CN(Cc1nccn1C(F)F)C(=O)NC1CC(C)(C)NC(C)(C)C1. The van der Waals surface area contributed by atoms with Crippen molar-refractivity contribution in [1.29, 1.82) is 0 Å². The van der Waals surface area contributed by atoms with Crippen molar-refractivity contribution < 1.29 is 13.6 Å². The van der Waals surface area contributed by atoms with Crippen molar-refractivity contribution in [3.8, 4) is 0 Å². The van der Waals surface area contributed by atoms with Crippen LogP contribution in [-0.4, -0.2) is 44.6 Å². The monoisotopic (exact) mass is 343 g/mol. The second kappa shape index (κ2) is 6.66. The highest BCUT2D eigenvalue weighted by Crippen LogP contribution is 2.28. The summed E-state index contributed by atoms with van der Waals surface area (Å²) in [5, 5.41) is 6.57. The number of nitrogens with zero attached hydrogens (tertiary/aromatic N) is 3. The third kappa shape index (κ3) is 4.66. The molecular weight excluding hydrogens is 316 g/mol. The summed E-state index contributed by atoms with van der Waals surface area (Å²) < 4.78 is 26.5. The van der Waals surface area contributed by atoms with Crippen LogP contribution in [0, 0.1) is 0 Å². The van der Waals surface area contributed by atoms with Gasteiger partial charge in [0.2, 0.25) is 0 Å². The van der Waals surface area contributed by atoms with E-state index in [0.717, 1.165) is 17.4 Å². The standard InChI is InChI=1S/C16H27F2N5O/c1-15(2)8-11(9-16(3,4)21-15)20-14(24)22(5)10-12-19-6-7-23(12)13(17)18/h6-7,11,13,21H,8-10H2,1-5H3,(H,20,24). The van der Waals surface area contributed by atoms with Crippen LogP contribution in [0.1, 0.15) is 52.9 Å². The number of piperidine rings is 1. The summed E-state index contributed by atoms with van der Waals surface area (Å²) in [5.74, 6) is 0.161. The predicted octanol–water partition coefficient (Wildman–Crippen LogP) is 2.73. The van der Waals surface area contributed by atoms with Gasteiger partial charge >= 0.3 is 12.6 Å². The highest BCUT2D eigenvalue weighted by atomic mass is 19.3. The zero-order valence-corrected chi connectivity index (χ0v) is 14.9. The summed E-state index contributed by atoms with van der Waals surface area (Å²) >= 11 is 0. The number of nitrogens with one attached hydrogen (secondary N) is 2. The molecule has 136 valence electrons. The number of alkyl halides is 2. The van der Waals surface area contributed by atoms with E-state index < -0.39 is 6.55 Å². The van der Waals surface area contributed by atoms with Crippen LogP contribution >= 0.6 is 0 Å². The Bertz CT molecular complexity index is 569. The van der Waals surface area contributed by atoms with Gasteiger partial charge in [-0.15, -0.1) is 0 Å². The van der Waals surface area contributed by atoms with Crippen molar-refractivity contribution >= 4 is 6.03 Å². The van der Waals surface area contributed by atoms with Crippen LogP contribution in [0.25, 0.3) is 0 Å². The summed E-state index contributed by atoms with van der Waals surface area (Å²) in [5.41, 5.74) is -0.158. The Morgan fingerprint density at radius 2 is 2.00 bits per heavy atom. The molecule has 1 aromatic rings. The van der Waals surface area contributed by atoms with E-state index in [4.69, 9.17) is 0 Å².